The van der Waals surface area contributed by atoms with Crippen LogP contribution in [0.4, 0.5) is 0 Å². The van der Waals surface area contributed by atoms with Crippen molar-refractivity contribution >= 4 is 17.3 Å². The molecule has 2 aliphatic rings. The average Bonchev–Trinajstić information content (AvgIpc) is 2.28. The van der Waals surface area contributed by atoms with E-state index in [4.69, 9.17) is 16.6 Å². The molecule has 0 bridgehead atoms. The quantitative estimate of drug-likeness (QED) is 0.650. The highest BCUT2D eigenvalue weighted by atomic mass is 35.5. The summed E-state index contributed by atoms with van der Waals surface area (Å²) in [4.78, 5) is 4.75. The number of benzene rings is 1. The van der Waals surface area contributed by atoms with Gasteiger partial charge >= 0.3 is 0 Å². The van der Waals surface area contributed by atoms with E-state index in [1.165, 1.54) is 23.3 Å². The Morgan fingerprint density at radius 1 is 1.29 bits per heavy atom. The minimum Gasteiger partial charge on any atom is -0.293 e. The molecule has 0 aromatic heterocycles. The molecular weight excluding hydrogens is 230 g/mol. The molecule has 1 aliphatic carbocycles. The van der Waals surface area contributed by atoms with Crippen LogP contribution in [0.25, 0.3) is 0 Å². The molecule has 0 amide bonds. The van der Waals surface area contributed by atoms with E-state index in [0.717, 1.165) is 24.4 Å². The van der Waals surface area contributed by atoms with Gasteiger partial charge in [0.05, 0.1) is 0 Å². The summed E-state index contributed by atoms with van der Waals surface area (Å²) in [5.74, 6) is 0.511. The molecule has 2 heteroatoms. The summed E-state index contributed by atoms with van der Waals surface area (Å²) in [6.45, 7) is 5.74. The Balaban J connectivity index is 2.14. The number of nitrogens with zero attached hydrogens (tertiary/aromatic N) is 1. The highest BCUT2D eigenvalue weighted by molar-refractivity contribution is 6.30. The van der Waals surface area contributed by atoms with Crippen LogP contribution >= 0.6 is 11.6 Å². The summed E-state index contributed by atoms with van der Waals surface area (Å²) >= 11 is 6.09. The molecule has 1 atom stereocenters. The number of hydrogen-bond acceptors (Lipinski definition) is 1. The van der Waals surface area contributed by atoms with Gasteiger partial charge in [0.25, 0.3) is 0 Å². The first-order chi connectivity index (χ1) is 8.08. The summed E-state index contributed by atoms with van der Waals surface area (Å²) in [6.07, 6.45) is 3.39. The molecule has 0 saturated heterocycles. The lowest BCUT2D eigenvalue weighted by molar-refractivity contribution is 0.296. The minimum atomic E-state index is 0.333. The molecule has 1 heterocycles. The third-order valence-electron chi connectivity index (χ3n) is 4.25. The predicted octanol–water partition coefficient (Wildman–Crippen LogP) is 4.24. The maximum absolute atomic E-state index is 6.09. The smallest absolute Gasteiger partial charge is 0.0408 e. The van der Waals surface area contributed by atoms with Crippen molar-refractivity contribution in [1.82, 2.24) is 0 Å². The van der Waals surface area contributed by atoms with Gasteiger partial charge in [0.15, 0.2) is 0 Å². The van der Waals surface area contributed by atoms with E-state index in [0.29, 0.717) is 11.3 Å². The van der Waals surface area contributed by atoms with Crippen molar-refractivity contribution in [2.45, 2.75) is 39.0 Å². The minimum absolute atomic E-state index is 0.333. The number of hydrogen-bond donors (Lipinski definition) is 0. The Morgan fingerprint density at radius 2 is 2.12 bits per heavy atom. The topological polar surface area (TPSA) is 12.4 Å². The van der Waals surface area contributed by atoms with Gasteiger partial charge in [0, 0.05) is 23.2 Å². The van der Waals surface area contributed by atoms with E-state index in [1.54, 1.807) is 0 Å². The van der Waals surface area contributed by atoms with Crippen molar-refractivity contribution < 1.29 is 0 Å². The third kappa shape index (κ3) is 1.81. The summed E-state index contributed by atoms with van der Waals surface area (Å²) < 4.78 is 0. The van der Waals surface area contributed by atoms with Gasteiger partial charge in [0.1, 0.15) is 0 Å². The van der Waals surface area contributed by atoms with Crippen molar-refractivity contribution in [2.24, 2.45) is 10.4 Å². The van der Waals surface area contributed by atoms with Crippen LogP contribution in [0.15, 0.2) is 23.2 Å². The normalized spacial score (nSPS) is 25.8. The van der Waals surface area contributed by atoms with Crippen molar-refractivity contribution in [2.75, 3.05) is 6.54 Å². The monoisotopic (exact) mass is 247 g/mol. The molecule has 0 spiro atoms. The zero-order valence-corrected chi connectivity index (χ0v) is 11.2. The molecule has 1 unspecified atom stereocenters. The van der Waals surface area contributed by atoms with Crippen LogP contribution in [-0.4, -0.2) is 12.3 Å². The molecule has 0 fully saturated rings. The second-order valence-electron chi connectivity index (χ2n) is 5.89. The Hall–Kier alpha value is -0.820. The number of aryl methyl sites for hydroxylation is 1. The first kappa shape index (κ1) is 11.3. The number of rotatable bonds is 0. The number of aliphatic imine (C=N–C) groups is 1. The lowest BCUT2D eigenvalue weighted by Gasteiger charge is -2.42. The van der Waals surface area contributed by atoms with Crippen LogP contribution in [0.2, 0.25) is 5.02 Å². The van der Waals surface area contributed by atoms with Gasteiger partial charge in [-0.15, -0.1) is 0 Å². The lowest BCUT2D eigenvalue weighted by Crippen LogP contribution is -2.36. The fraction of sp³-hybridized carbons (Fsp3) is 0.533. The summed E-state index contributed by atoms with van der Waals surface area (Å²) in [6, 6.07) is 6.37. The van der Waals surface area contributed by atoms with Gasteiger partial charge in [-0.05, 0) is 47.9 Å². The first-order valence-corrected chi connectivity index (χ1v) is 6.77. The molecule has 1 aromatic rings. The molecule has 3 rings (SSSR count). The molecule has 1 nitrogen and oxygen atoms in total. The molecule has 1 aliphatic heterocycles. The second kappa shape index (κ2) is 3.84. The fourth-order valence-corrected chi connectivity index (χ4v) is 3.53. The number of halogens is 1. The maximum atomic E-state index is 6.09. The van der Waals surface area contributed by atoms with Crippen LogP contribution in [0.3, 0.4) is 0 Å². The van der Waals surface area contributed by atoms with Gasteiger partial charge in [0.2, 0.25) is 0 Å². The largest absolute Gasteiger partial charge is 0.293 e. The van der Waals surface area contributed by atoms with Gasteiger partial charge in [-0.2, -0.15) is 0 Å². The first-order valence-electron chi connectivity index (χ1n) is 6.39. The highest BCUT2D eigenvalue weighted by Gasteiger charge is 2.39. The molecule has 1 aromatic carbocycles. The Bertz CT molecular complexity index is 488. The van der Waals surface area contributed by atoms with E-state index in [9.17, 15) is 0 Å². The Labute approximate surface area is 108 Å². The summed E-state index contributed by atoms with van der Waals surface area (Å²) in [5, 5.41) is 0.859. The molecular formula is C15H18ClN. The summed E-state index contributed by atoms with van der Waals surface area (Å²) in [7, 11) is 0. The Morgan fingerprint density at radius 3 is 2.94 bits per heavy atom. The van der Waals surface area contributed by atoms with Crippen LogP contribution in [0.1, 0.15) is 43.7 Å². The van der Waals surface area contributed by atoms with E-state index >= 15 is 0 Å². The van der Waals surface area contributed by atoms with Gasteiger partial charge in [-0.3, -0.25) is 4.99 Å². The van der Waals surface area contributed by atoms with Crippen LogP contribution in [-0.2, 0) is 6.42 Å². The molecule has 17 heavy (non-hydrogen) atoms. The lowest BCUT2D eigenvalue weighted by atomic mass is 9.64. The van der Waals surface area contributed by atoms with Gasteiger partial charge in [-0.25, -0.2) is 0 Å². The SMILES string of the molecule is CC1(C)CCN=C2CCc3cc(Cl)ccc3C21. The molecule has 0 N–H and O–H groups in total. The molecule has 90 valence electrons. The average molecular weight is 248 g/mol. The van der Waals surface area contributed by atoms with Crippen LogP contribution in [0.5, 0.6) is 0 Å². The van der Waals surface area contributed by atoms with E-state index in [2.05, 4.69) is 26.0 Å². The van der Waals surface area contributed by atoms with Crippen molar-refractivity contribution in [3.63, 3.8) is 0 Å². The standard InChI is InChI=1S/C15H18ClN/c1-15(2)7-8-17-13-6-3-10-9-11(16)4-5-12(10)14(13)15/h4-5,9,14H,3,6-8H2,1-2H3. The molecule has 0 saturated carbocycles. The van der Waals surface area contributed by atoms with Crippen LogP contribution in [0, 0.1) is 5.41 Å². The summed E-state index contributed by atoms with van der Waals surface area (Å²) in [5.41, 5.74) is 4.64. The van der Waals surface area contributed by atoms with E-state index < -0.39 is 0 Å². The zero-order valence-electron chi connectivity index (χ0n) is 10.5. The Kier molecular flexibility index (Phi) is 2.55. The van der Waals surface area contributed by atoms with Crippen molar-refractivity contribution in [3.8, 4) is 0 Å². The zero-order chi connectivity index (χ0) is 12.0. The van der Waals surface area contributed by atoms with E-state index in [-0.39, 0.29) is 0 Å². The van der Waals surface area contributed by atoms with Crippen LogP contribution < -0.4 is 0 Å². The third-order valence-corrected chi connectivity index (χ3v) is 4.49. The fourth-order valence-electron chi connectivity index (χ4n) is 3.33. The van der Waals surface area contributed by atoms with Crippen molar-refractivity contribution in [1.29, 1.82) is 0 Å². The predicted molar refractivity (Wildman–Crippen MR) is 73.2 cm³/mol. The molecule has 0 radical (unpaired) electrons. The van der Waals surface area contributed by atoms with E-state index in [1.807, 2.05) is 6.07 Å². The number of fused-ring (bicyclic) bond motifs is 3. The van der Waals surface area contributed by atoms with Gasteiger partial charge < -0.3 is 0 Å². The van der Waals surface area contributed by atoms with Crippen molar-refractivity contribution in [3.05, 3.63) is 34.3 Å². The second-order valence-corrected chi connectivity index (χ2v) is 6.32. The van der Waals surface area contributed by atoms with Gasteiger partial charge in [-0.1, -0.05) is 31.5 Å². The maximum Gasteiger partial charge on any atom is 0.0408 e. The highest BCUT2D eigenvalue weighted by Crippen LogP contribution is 2.46.